The molecule has 0 radical (unpaired) electrons. The molecule has 0 atom stereocenters. The third kappa shape index (κ3) is 2.03. The normalized spacial score (nSPS) is 13.2. The van der Waals surface area contributed by atoms with Gasteiger partial charge in [0, 0.05) is 11.1 Å². The van der Waals surface area contributed by atoms with Crippen LogP contribution in [0.2, 0.25) is 0 Å². The molecule has 2 nitrogen and oxygen atoms in total. The SMILES string of the molecule is CCCc1cccc2c1OCc1ccccc1C2=O. The summed E-state index contributed by atoms with van der Waals surface area (Å²) in [5, 5.41) is 0. The van der Waals surface area contributed by atoms with Gasteiger partial charge in [-0.3, -0.25) is 4.79 Å². The first-order valence-corrected chi connectivity index (χ1v) is 6.68. The summed E-state index contributed by atoms with van der Waals surface area (Å²) >= 11 is 0. The highest BCUT2D eigenvalue weighted by Gasteiger charge is 2.23. The van der Waals surface area contributed by atoms with Crippen molar-refractivity contribution in [3.8, 4) is 5.75 Å². The van der Waals surface area contributed by atoms with E-state index < -0.39 is 0 Å². The Bertz CT molecular complexity index is 629. The monoisotopic (exact) mass is 252 g/mol. The predicted octanol–water partition coefficient (Wildman–Crippen LogP) is 3.76. The average molecular weight is 252 g/mol. The van der Waals surface area contributed by atoms with Gasteiger partial charge < -0.3 is 4.74 Å². The van der Waals surface area contributed by atoms with Crippen molar-refractivity contribution in [1.82, 2.24) is 0 Å². The Kier molecular flexibility index (Phi) is 3.08. The largest absolute Gasteiger partial charge is 0.488 e. The summed E-state index contributed by atoms with van der Waals surface area (Å²) < 4.78 is 5.91. The quantitative estimate of drug-likeness (QED) is 0.813. The Labute approximate surface area is 113 Å². The van der Waals surface area contributed by atoms with Crippen molar-refractivity contribution < 1.29 is 9.53 Å². The molecule has 1 heterocycles. The van der Waals surface area contributed by atoms with Gasteiger partial charge in [0.25, 0.3) is 0 Å². The van der Waals surface area contributed by atoms with Gasteiger partial charge in [-0.1, -0.05) is 49.7 Å². The third-order valence-electron chi connectivity index (χ3n) is 3.49. The maximum Gasteiger partial charge on any atom is 0.197 e. The smallest absolute Gasteiger partial charge is 0.197 e. The van der Waals surface area contributed by atoms with Crippen molar-refractivity contribution in [2.45, 2.75) is 26.4 Å². The van der Waals surface area contributed by atoms with Crippen LogP contribution in [0, 0.1) is 0 Å². The lowest BCUT2D eigenvalue weighted by molar-refractivity contribution is 0.103. The van der Waals surface area contributed by atoms with E-state index >= 15 is 0 Å². The number of rotatable bonds is 2. The van der Waals surface area contributed by atoms with Crippen LogP contribution >= 0.6 is 0 Å². The fourth-order valence-corrected chi connectivity index (χ4v) is 2.56. The minimum Gasteiger partial charge on any atom is -0.488 e. The van der Waals surface area contributed by atoms with E-state index in [1.807, 2.05) is 42.5 Å². The fraction of sp³-hybridized carbons (Fsp3) is 0.235. The summed E-state index contributed by atoms with van der Waals surface area (Å²) in [6, 6.07) is 13.5. The van der Waals surface area contributed by atoms with Gasteiger partial charge in [-0.15, -0.1) is 0 Å². The number of carbonyl (C=O) groups is 1. The van der Waals surface area contributed by atoms with Crippen LogP contribution in [-0.2, 0) is 13.0 Å². The molecule has 0 unspecified atom stereocenters. The first-order chi connectivity index (χ1) is 9.31. The lowest BCUT2D eigenvalue weighted by Gasteiger charge is -2.11. The molecule has 0 N–H and O–H groups in total. The second kappa shape index (κ2) is 4.88. The summed E-state index contributed by atoms with van der Waals surface area (Å²) in [5.41, 5.74) is 3.54. The van der Waals surface area contributed by atoms with Crippen molar-refractivity contribution >= 4 is 5.78 Å². The first-order valence-electron chi connectivity index (χ1n) is 6.68. The van der Waals surface area contributed by atoms with Gasteiger partial charge in [-0.2, -0.15) is 0 Å². The number of fused-ring (bicyclic) bond motifs is 2. The van der Waals surface area contributed by atoms with Crippen LogP contribution in [0.15, 0.2) is 42.5 Å². The molecule has 19 heavy (non-hydrogen) atoms. The number of aryl methyl sites for hydroxylation is 1. The molecule has 96 valence electrons. The molecule has 2 aromatic rings. The van der Waals surface area contributed by atoms with E-state index in [0.29, 0.717) is 12.2 Å². The van der Waals surface area contributed by atoms with E-state index in [0.717, 1.165) is 35.3 Å². The number of benzene rings is 2. The highest BCUT2D eigenvalue weighted by molar-refractivity contribution is 6.12. The maximum absolute atomic E-state index is 12.6. The molecule has 1 aliphatic rings. The fourth-order valence-electron chi connectivity index (χ4n) is 2.56. The van der Waals surface area contributed by atoms with Gasteiger partial charge in [0.1, 0.15) is 12.4 Å². The average Bonchev–Trinajstić information content (AvgIpc) is 2.59. The first kappa shape index (κ1) is 12.0. The Balaban J connectivity index is 2.14. The Hall–Kier alpha value is -2.09. The van der Waals surface area contributed by atoms with Gasteiger partial charge in [-0.05, 0) is 18.1 Å². The zero-order valence-corrected chi connectivity index (χ0v) is 11.0. The van der Waals surface area contributed by atoms with Crippen molar-refractivity contribution in [1.29, 1.82) is 0 Å². The summed E-state index contributed by atoms with van der Waals surface area (Å²) in [4.78, 5) is 12.6. The molecule has 2 aromatic carbocycles. The van der Waals surface area contributed by atoms with Crippen LogP contribution in [0.5, 0.6) is 5.75 Å². The van der Waals surface area contributed by atoms with Crippen molar-refractivity contribution in [2.75, 3.05) is 0 Å². The van der Waals surface area contributed by atoms with Crippen LogP contribution in [0.1, 0.15) is 40.4 Å². The zero-order chi connectivity index (χ0) is 13.2. The Morgan fingerprint density at radius 1 is 1.05 bits per heavy atom. The van der Waals surface area contributed by atoms with Gasteiger partial charge in [0.05, 0.1) is 5.56 Å². The maximum atomic E-state index is 12.6. The molecule has 0 amide bonds. The molecule has 0 aliphatic carbocycles. The molecule has 0 spiro atoms. The van der Waals surface area contributed by atoms with Crippen LogP contribution < -0.4 is 4.74 Å². The summed E-state index contributed by atoms with van der Waals surface area (Å²) in [6.07, 6.45) is 1.98. The highest BCUT2D eigenvalue weighted by Crippen LogP contribution is 2.32. The number of ketones is 1. The van der Waals surface area contributed by atoms with E-state index in [4.69, 9.17) is 4.74 Å². The van der Waals surface area contributed by atoms with Gasteiger partial charge >= 0.3 is 0 Å². The molecule has 3 rings (SSSR count). The molecule has 0 saturated carbocycles. The second-order valence-corrected chi connectivity index (χ2v) is 4.82. The van der Waals surface area contributed by atoms with E-state index in [9.17, 15) is 4.79 Å². The third-order valence-corrected chi connectivity index (χ3v) is 3.49. The zero-order valence-electron chi connectivity index (χ0n) is 11.0. The Morgan fingerprint density at radius 2 is 1.84 bits per heavy atom. The predicted molar refractivity (Wildman–Crippen MR) is 74.6 cm³/mol. The number of hydrogen-bond acceptors (Lipinski definition) is 2. The topological polar surface area (TPSA) is 26.3 Å². The molecule has 0 saturated heterocycles. The number of carbonyl (C=O) groups excluding carboxylic acids is 1. The summed E-state index contributed by atoms with van der Waals surface area (Å²) in [7, 11) is 0. The van der Waals surface area contributed by atoms with Gasteiger partial charge in [-0.25, -0.2) is 0 Å². The van der Waals surface area contributed by atoms with Gasteiger partial charge in [0.2, 0.25) is 0 Å². The molecular weight excluding hydrogens is 236 g/mol. The van der Waals surface area contributed by atoms with E-state index in [2.05, 4.69) is 6.92 Å². The summed E-state index contributed by atoms with van der Waals surface area (Å²) in [5.74, 6) is 0.839. The molecule has 0 fully saturated rings. The van der Waals surface area contributed by atoms with Crippen molar-refractivity contribution in [3.05, 3.63) is 64.7 Å². The molecule has 1 aliphatic heterocycles. The van der Waals surface area contributed by atoms with Gasteiger partial charge in [0.15, 0.2) is 5.78 Å². The van der Waals surface area contributed by atoms with E-state index in [-0.39, 0.29) is 5.78 Å². The molecule has 2 heteroatoms. The highest BCUT2D eigenvalue weighted by atomic mass is 16.5. The second-order valence-electron chi connectivity index (χ2n) is 4.82. The molecular formula is C17H16O2. The number of para-hydroxylation sites is 1. The number of hydrogen-bond donors (Lipinski definition) is 0. The Morgan fingerprint density at radius 3 is 2.68 bits per heavy atom. The molecule has 0 bridgehead atoms. The lowest BCUT2D eigenvalue weighted by atomic mass is 9.97. The summed E-state index contributed by atoms with van der Waals surface area (Å²) in [6.45, 7) is 2.60. The number of ether oxygens (including phenoxy) is 1. The van der Waals surface area contributed by atoms with Crippen LogP contribution in [-0.4, -0.2) is 5.78 Å². The van der Waals surface area contributed by atoms with E-state index in [1.54, 1.807) is 0 Å². The lowest BCUT2D eigenvalue weighted by Crippen LogP contribution is -2.03. The van der Waals surface area contributed by atoms with Crippen LogP contribution in [0.3, 0.4) is 0 Å². The standard InChI is InChI=1S/C17H16O2/c1-2-6-12-8-5-10-15-16(18)14-9-4-3-7-13(14)11-19-17(12)15/h3-5,7-10H,2,6,11H2,1H3. The van der Waals surface area contributed by atoms with Crippen LogP contribution in [0.25, 0.3) is 0 Å². The van der Waals surface area contributed by atoms with Crippen LogP contribution in [0.4, 0.5) is 0 Å². The minimum absolute atomic E-state index is 0.0704. The van der Waals surface area contributed by atoms with E-state index in [1.165, 1.54) is 0 Å². The minimum atomic E-state index is 0.0704. The van der Waals surface area contributed by atoms with Crippen molar-refractivity contribution in [3.63, 3.8) is 0 Å². The van der Waals surface area contributed by atoms with Crippen molar-refractivity contribution in [2.24, 2.45) is 0 Å². The molecule has 0 aromatic heterocycles.